The smallest absolute Gasteiger partial charge is 0.309 e. The van der Waals surface area contributed by atoms with Crippen molar-refractivity contribution >= 4 is 46.7 Å². The Morgan fingerprint density at radius 1 is 1.13 bits per heavy atom. The van der Waals surface area contributed by atoms with Gasteiger partial charge in [-0.2, -0.15) is 0 Å². The summed E-state index contributed by atoms with van der Waals surface area (Å²) in [4.78, 5) is 44.0. The zero-order valence-corrected chi connectivity index (χ0v) is 23.0. The van der Waals surface area contributed by atoms with Crippen molar-refractivity contribution in [2.75, 3.05) is 5.32 Å². The summed E-state index contributed by atoms with van der Waals surface area (Å²) >= 11 is 12.7. The molecule has 1 saturated heterocycles. The molecule has 0 radical (unpaired) electrons. The van der Waals surface area contributed by atoms with E-state index in [-0.39, 0.29) is 23.8 Å². The van der Waals surface area contributed by atoms with E-state index in [0.717, 1.165) is 0 Å². The van der Waals surface area contributed by atoms with Gasteiger partial charge in [-0.1, -0.05) is 35.3 Å². The summed E-state index contributed by atoms with van der Waals surface area (Å²) in [6.07, 6.45) is 1.34. The number of pyridine rings is 1. The highest BCUT2D eigenvalue weighted by Crippen LogP contribution is 2.58. The van der Waals surface area contributed by atoms with Crippen LogP contribution in [0.25, 0.3) is 0 Å². The Morgan fingerprint density at radius 2 is 1.87 bits per heavy atom. The average molecular weight is 570 g/mol. The first kappa shape index (κ1) is 27.1. The number of carbonyl (C=O) groups excluding carboxylic acids is 2. The van der Waals surface area contributed by atoms with Crippen molar-refractivity contribution in [1.82, 2.24) is 10.3 Å². The van der Waals surface area contributed by atoms with Crippen LogP contribution in [0.3, 0.4) is 0 Å². The number of amides is 2. The van der Waals surface area contributed by atoms with E-state index in [2.05, 4.69) is 15.6 Å². The lowest BCUT2D eigenvalue weighted by atomic mass is 9.58. The molecule has 2 amide bonds. The number of aliphatic carboxylic acids is 1. The summed E-state index contributed by atoms with van der Waals surface area (Å²) in [5, 5.41) is 16.4. The topological polar surface area (TPSA) is 108 Å². The third-order valence-corrected chi connectivity index (χ3v) is 8.28. The number of carboxylic acid groups (broad SMARTS) is 1. The Hall–Kier alpha value is -3.49. The molecule has 0 saturated carbocycles. The molecule has 2 aliphatic rings. The number of aromatic nitrogens is 1. The predicted octanol–water partition coefficient (Wildman–Crippen LogP) is 5.72. The fourth-order valence-corrected chi connectivity index (χ4v) is 6.21. The minimum atomic E-state index is -1.44. The van der Waals surface area contributed by atoms with Crippen LogP contribution in [-0.4, -0.2) is 27.9 Å². The highest BCUT2D eigenvalue weighted by atomic mass is 35.5. The number of nitrogens with one attached hydrogen (secondary N) is 2. The second-order valence-corrected chi connectivity index (χ2v) is 11.7. The number of carbonyl (C=O) groups is 3. The Morgan fingerprint density at radius 3 is 2.59 bits per heavy atom. The maximum Gasteiger partial charge on any atom is 0.309 e. The number of anilines is 1. The maximum atomic E-state index is 14.6. The number of fused-ring (bicyclic) bond motifs is 2. The molecular formula is C29H26Cl2FN3O4. The molecule has 1 aromatic heterocycles. The zero-order chi connectivity index (χ0) is 28.3. The molecule has 2 aromatic carbocycles. The van der Waals surface area contributed by atoms with Gasteiger partial charge >= 0.3 is 5.97 Å². The van der Waals surface area contributed by atoms with Crippen LogP contribution in [0.5, 0.6) is 0 Å². The molecule has 39 heavy (non-hydrogen) atoms. The van der Waals surface area contributed by atoms with Crippen LogP contribution in [0, 0.1) is 18.2 Å². The van der Waals surface area contributed by atoms with Crippen molar-refractivity contribution in [1.29, 1.82) is 0 Å². The van der Waals surface area contributed by atoms with Gasteiger partial charge in [0.05, 0.1) is 16.5 Å². The Labute approximate surface area is 234 Å². The van der Waals surface area contributed by atoms with Crippen LogP contribution in [-0.2, 0) is 26.2 Å². The molecule has 0 aliphatic carbocycles. The second-order valence-electron chi connectivity index (χ2n) is 10.8. The minimum Gasteiger partial charge on any atom is -0.481 e. The van der Waals surface area contributed by atoms with E-state index in [0.29, 0.717) is 38.7 Å². The number of halogens is 3. The van der Waals surface area contributed by atoms with Gasteiger partial charge in [0.1, 0.15) is 11.2 Å². The van der Waals surface area contributed by atoms with Gasteiger partial charge in [-0.05, 0) is 73.4 Å². The number of benzene rings is 2. The zero-order valence-electron chi connectivity index (χ0n) is 21.4. The van der Waals surface area contributed by atoms with Crippen LogP contribution in [0.4, 0.5) is 10.1 Å². The lowest BCUT2D eigenvalue weighted by molar-refractivity contribution is -0.147. The Kier molecular flexibility index (Phi) is 6.67. The fraction of sp³-hybridized carbons (Fsp3) is 0.310. The maximum absolute atomic E-state index is 14.6. The monoisotopic (exact) mass is 569 g/mol. The average Bonchev–Trinajstić information content (AvgIpc) is 3.14. The van der Waals surface area contributed by atoms with E-state index in [9.17, 15) is 23.9 Å². The lowest BCUT2D eigenvalue weighted by Gasteiger charge is -2.47. The first-order chi connectivity index (χ1) is 18.3. The van der Waals surface area contributed by atoms with Gasteiger partial charge in [0, 0.05) is 41.4 Å². The van der Waals surface area contributed by atoms with Gasteiger partial charge in [0.2, 0.25) is 11.8 Å². The summed E-state index contributed by atoms with van der Waals surface area (Å²) in [5.41, 5.74) is 0.470. The summed E-state index contributed by atoms with van der Waals surface area (Å²) < 4.78 is 14.6. The molecule has 5 rings (SSSR count). The Balaban J connectivity index is 1.82. The third kappa shape index (κ3) is 4.45. The largest absolute Gasteiger partial charge is 0.481 e. The van der Waals surface area contributed by atoms with E-state index >= 15 is 0 Å². The summed E-state index contributed by atoms with van der Waals surface area (Å²) in [7, 11) is 0. The van der Waals surface area contributed by atoms with E-state index < -0.39 is 40.5 Å². The van der Waals surface area contributed by atoms with Crippen molar-refractivity contribution in [3.05, 3.63) is 92.5 Å². The molecule has 3 N–H and O–H groups in total. The number of rotatable bonds is 5. The van der Waals surface area contributed by atoms with E-state index in [1.807, 2.05) is 0 Å². The first-order valence-corrected chi connectivity index (χ1v) is 13.1. The molecule has 0 bridgehead atoms. The second kappa shape index (κ2) is 9.61. The van der Waals surface area contributed by atoms with Gasteiger partial charge in [0.15, 0.2) is 0 Å². The molecule has 10 heteroatoms. The van der Waals surface area contributed by atoms with Crippen molar-refractivity contribution in [3.8, 4) is 0 Å². The van der Waals surface area contributed by atoms with E-state index in [1.165, 1.54) is 18.3 Å². The predicted molar refractivity (Wildman–Crippen MR) is 146 cm³/mol. The van der Waals surface area contributed by atoms with Crippen molar-refractivity contribution < 1.29 is 23.9 Å². The number of hydrogen-bond donors (Lipinski definition) is 3. The minimum absolute atomic E-state index is 0.0296. The normalized spacial score (nSPS) is 22.4. The molecule has 3 atom stereocenters. The summed E-state index contributed by atoms with van der Waals surface area (Å²) in [5.74, 6) is -3.09. The number of aryl methyl sites for hydroxylation is 1. The number of carboxylic acids is 1. The molecule has 1 fully saturated rings. The van der Waals surface area contributed by atoms with E-state index in [4.69, 9.17) is 23.2 Å². The van der Waals surface area contributed by atoms with Crippen molar-refractivity contribution in [2.45, 2.75) is 51.0 Å². The quantitative estimate of drug-likeness (QED) is 0.364. The molecular weight excluding hydrogens is 544 g/mol. The van der Waals surface area contributed by atoms with Crippen molar-refractivity contribution in [3.63, 3.8) is 0 Å². The third-order valence-electron chi connectivity index (χ3n) is 7.84. The molecule has 3 heterocycles. The molecule has 2 aliphatic heterocycles. The van der Waals surface area contributed by atoms with Crippen LogP contribution in [0.15, 0.2) is 48.7 Å². The van der Waals surface area contributed by atoms with Gasteiger partial charge in [0.25, 0.3) is 0 Å². The van der Waals surface area contributed by atoms with Gasteiger partial charge < -0.3 is 15.7 Å². The number of piperidine rings is 1. The summed E-state index contributed by atoms with van der Waals surface area (Å²) in [6, 6.07) is 9.98. The Bertz CT molecular complexity index is 1540. The number of hydrogen-bond acceptors (Lipinski definition) is 4. The van der Waals surface area contributed by atoms with Gasteiger partial charge in [-0.3, -0.25) is 19.4 Å². The highest BCUT2D eigenvalue weighted by molar-refractivity contribution is 6.31. The first-order valence-electron chi connectivity index (χ1n) is 12.4. The van der Waals surface area contributed by atoms with Gasteiger partial charge in [-0.15, -0.1) is 0 Å². The molecule has 0 unspecified atom stereocenters. The lowest BCUT2D eigenvalue weighted by Crippen LogP contribution is -2.57. The highest BCUT2D eigenvalue weighted by Gasteiger charge is 2.62. The SMILES string of the molecule is Cc1ccc(F)cc1[C@@H]1NC(=O)C[C@H](c2cc(Cl)cnc2CC(C)(C)C(=O)O)[C@@]12C(=O)Nc1cc(Cl)ccc12. The fourth-order valence-electron chi connectivity index (χ4n) is 5.87. The molecule has 3 aromatic rings. The summed E-state index contributed by atoms with van der Waals surface area (Å²) in [6.45, 7) is 4.95. The van der Waals surface area contributed by atoms with Crippen LogP contribution < -0.4 is 10.6 Å². The van der Waals surface area contributed by atoms with Crippen molar-refractivity contribution in [2.24, 2.45) is 5.41 Å². The molecule has 202 valence electrons. The standard InChI is InChI=1S/C29H26Cl2FN3O4/c1-14-4-6-17(32)10-18(14)25-29(20-7-5-15(30)9-22(20)34-26(29)37)21(11-24(36)35-25)19-8-16(31)13-33-23(19)12-28(2,3)27(38)39/h4-10,13,21,25H,11-12H2,1-3H3,(H,34,37)(H,35,36)(H,38,39)/t21-,25+,29-/m1/s1. The molecule has 1 spiro atoms. The molecule has 7 nitrogen and oxygen atoms in total. The van der Waals surface area contributed by atoms with Crippen LogP contribution in [0.2, 0.25) is 10.0 Å². The van der Waals surface area contributed by atoms with Crippen LogP contribution >= 0.6 is 23.2 Å². The van der Waals surface area contributed by atoms with Gasteiger partial charge in [-0.25, -0.2) is 4.39 Å². The van der Waals surface area contributed by atoms with Crippen LogP contribution in [0.1, 0.15) is 60.2 Å². The number of nitrogens with zero attached hydrogens (tertiary/aromatic N) is 1. The van der Waals surface area contributed by atoms with E-state index in [1.54, 1.807) is 51.1 Å².